The van der Waals surface area contributed by atoms with Crippen molar-refractivity contribution in [1.29, 1.82) is 0 Å². The molecule has 6 nitrogen and oxygen atoms in total. The molecule has 138 valence electrons. The first-order valence-corrected chi connectivity index (χ1v) is 8.50. The second-order valence-corrected chi connectivity index (χ2v) is 5.98. The Labute approximate surface area is 167 Å². The maximum absolute atomic E-state index is 4.77. The monoisotopic (exact) mass is 456 g/mol. The first kappa shape index (κ1) is 21.4. The van der Waals surface area contributed by atoms with Crippen LogP contribution in [0.1, 0.15) is 37.0 Å². The molecule has 1 N–H and O–H groups in total. The zero-order valence-corrected chi connectivity index (χ0v) is 17.9. The number of hydrogen-bond acceptors (Lipinski definition) is 3. The largest absolute Gasteiger partial charge is 0.349 e. The molecule has 0 atom stereocenters. The molecule has 25 heavy (non-hydrogen) atoms. The van der Waals surface area contributed by atoms with Gasteiger partial charge in [0.2, 0.25) is 0 Å². The van der Waals surface area contributed by atoms with Gasteiger partial charge in [-0.25, -0.2) is 4.99 Å². The molecule has 0 bridgehead atoms. The van der Waals surface area contributed by atoms with Crippen LogP contribution in [0.5, 0.6) is 0 Å². The van der Waals surface area contributed by atoms with Gasteiger partial charge in [0.05, 0.1) is 13.1 Å². The molecular weight excluding hydrogens is 427 g/mol. The van der Waals surface area contributed by atoms with Crippen LogP contribution >= 0.6 is 24.0 Å². The van der Waals surface area contributed by atoms with Crippen molar-refractivity contribution >= 4 is 29.9 Å². The molecule has 1 aromatic heterocycles. The Bertz CT molecular complexity index is 653. The van der Waals surface area contributed by atoms with Gasteiger partial charge in [0.15, 0.2) is 11.8 Å². The maximum atomic E-state index is 4.77. The van der Waals surface area contributed by atoms with Crippen LogP contribution in [0.4, 0.5) is 0 Å². The smallest absolute Gasteiger partial charge is 0.194 e. The molecule has 0 radical (unpaired) electrons. The minimum Gasteiger partial charge on any atom is -0.349 e. The third kappa shape index (κ3) is 6.64. The highest BCUT2D eigenvalue weighted by molar-refractivity contribution is 14.0. The highest BCUT2D eigenvalue weighted by atomic mass is 127. The molecule has 0 aliphatic rings. The topological polar surface area (TPSA) is 58.3 Å². The van der Waals surface area contributed by atoms with E-state index in [1.54, 1.807) is 0 Å². The van der Waals surface area contributed by atoms with Gasteiger partial charge in [-0.15, -0.1) is 34.2 Å². The highest BCUT2D eigenvalue weighted by Gasteiger charge is 2.09. The SMILES string of the molecule is CCCCN(C)C(=NCc1ccccc1)NCc1nnc(C)n1C.I. The quantitative estimate of drug-likeness (QED) is 0.395. The van der Waals surface area contributed by atoms with Gasteiger partial charge in [0, 0.05) is 20.6 Å². The van der Waals surface area contributed by atoms with Crippen LogP contribution in [0.25, 0.3) is 0 Å². The molecule has 0 spiro atoms. The highest BCUT2D eigenvalue weighted by Crippen LogP contribution is 2.03. The molecular formula is C18H29IN6. The summed E-state index contributed by atoms with van der Waals surface area (Å²) in [5.41, 5.74) is 1.20. The van der Waals surface area contributed by atoms with Crippen LogP contribution < -0.4 is 5.32 Å². The number of aromatic nitrogens is 3. The van der Waals surface area contributed by atoms with Gasteiger partial charge in [-0.05, 0) is 18.9 Å². The van der Waals surface area contributed by atoms with E-state index in [2.05, 4.69) is 46.5 Å². The van der Waals surface area contributed by atoms with E-state index in [1.807, 2.05) is 36.7 Å². The third-order valence-corrected chi connectivity index (χ3v) is 4.05. The Hall–Kier alpha value is -1.64. The van der Waals surface area contributed by atoms with Crippen molar-refractivity contribution in [3.63, 3.8) is 0 Å². The van der Waals surface area contributed by atoms with Gasteiger partial charge < -0.3 is 14.8 Å². The predicted octanol–water partition coefficient (Wildman–Crippen LogP) is 3.12. The van der Waals surface area contributed by atoms with Gasteiger partial charge in [-0.2, -0.15) is 0 Å². The first-order chi connectivity index (χ1) is 11.6. The summed E-state index contributed by atoms with van der Waals surface area (Å²) in [6.45, 7) is 6.41. The van der Waals surface area contributed by atoms with Crippen molar-refractivity contribution in [3.8, 4) is 0 Å². The van der Waals surface area contributed by atoms with Gasteiger partial charge in [0.25, 0.3) is 0 Å². The molecule has 0 unspecified atom stereocenters. The van der Waals surface area contributed by atoms with E-state index < -0.39 is 0 Å². The predicted molar refractivity (Wildman–Crippen MR) is 113 cm³/mol. The number of nitrogens with one attached hydrogen (secondary N) is 1. The number of aliphatic imine (C=N–C) groups is 1. The fourth-order valence-electron chi connectivity index (χ4n) is 2.33. The molecule has 2 rings (SSSR count). The Morgan fingerprint density at radius 1 is 1.24 bits per heavy atom. The average molecular weight is 456 g/mol. The van der Waals surface area contributed by atoms with Gasteiger partial charge in [-0.1, -0.05) is 43.7 Å². The number of rotatable bonds is 7. The zero-order chi connectivity index (χ0) is 17.4. The van der Waals surface area contributed by atoms with Crippen LogP contribution in [0.2, 0.25) is 0 Å². The standard InChI is InChI=1S/C18H28N6.HI/c1-5-6-12-23(3)18(19-13-16-10-8-7-9-11-16)20-14-17-22-21-15(2)24(17)4;/h7-11H,5-6,12-14H2,1-4H3,(H,19,20);1H. The van der Waals surface area contributed by atoms with Gasteiger partial charge in [0.1, 0.15) is 5.82 Å². The molecule has 0 saturated carbocycles. The van der Waals surface area contributed by atoms with Crippen molar-refractivity contribution in [2.24, 2.45) is 12.0 Å². The maximum Gasteiger partial charge on any atom is 0.194 e. The van der Waals surface area contributed by atoms with Crippen molar-refractivity contribution < 1.29 is 0 Å². The molecule has 2 aromatic rings. The normalized spacial score (nSPS) is 11.1. The molecule has 0 fully saturated rings. The van der Waals surface area contributed by atoms with E-state index in [0.29, 0.717) is 13.1 Å². The summed E-state index contributed by atoms with van der Waals surface area (Å²) < 4.78 is 1.99. The van der Waals surface area contributed by atoms with Crippen LogP contribution in [-0.4, -0.2) is 39.2 Å². The Kier molecular flexibility index (Phi) is 9.48. The fourth-order valence-corrected chi connectivity index (χ4v) is 2.33. The fraction of sp³-hybridized carbons (Fsp3) is 0.500. The summed E-state index contributed by atoms with van der Waals surface area (Å²) in [4.78, 5) is 6.95. The number of halogens is 1. The van der Waals surface area contributed by atoms with Crippen LogP contribution in [0.15, 0.2) is 35.3 Å². The molecule has 1 aromatic carbocycles. The molecule has 0 amide bonds. The molecule has 0 saturated heterocycles. The Balaban J connectivity index is 0.00000312. The second-order valence-electron chi connectivity index (χ2n) is 5.98. The van der Waals surface area contributed by atoms with Crippen molar-refractivity contribution in [1.82, 2.24) is 25.0 Å². The summed E-state index contributed by atoms with van der Waals surface area (Å²) in [6.07, 6.45) is 2.31. The van der Waals surface area contributed by atoms with Gasteiger partial charge in [-0.3, -0.25) is 0 Å². The van der Waals surface area contributed by atoms with Crippen molar-refractivity contribution in [3.05, 3.63) is 47.5 Å². The number of nitrogens with zero attached hydrogens (tertiary/aromatic N) is 5. The molecule has 7 heteroatoms. The first-order valence-electron chi connectivity index (χ1n) is 8.50. The molecule has 1 heterocycles. The lowest BCUT2D eigenvalue weighted by atomic mass is 10.2. The number of aryl methyl sites for hydroxylation is 1. The minimum atomic E-state index is 0. The summed E-state index contributed by atoms with van der Waals surface area (Å²) in [5, 5.41) is 11.7. The van der Waals surface area contributed by atoms with E-state index in [-0.39, 0.29) is 24.0 Å². The summed E-state index contributed by atoms with van der Waals surface area (Å²) in [6, 6.07) is 10.3. The second kappa shape index (κ2) is 11.1. The number of hydrogen-bond donors (Lipinski definition) is 1. The van der Waals surface area contributed by atoms with Crippen LogP contribution in [-0.2, 0) is 20.1 Å². The number of benzene rings is 1. The van der Waals surface area contributed by atoms with Gasteiger partial charge >= 0.3 is 0 Å². The van der Waals surface area contributed by atoms with Crippen molar-refractivity contribution in [2.75, 3.05) is 13.6 Å². The zero-order valence-electron chi connectivity index (χ0n) is 15.6. The Morgan fingerprint density at radius 3 is 2.56 bits per heavy atom. The third-order valence-electron chi connectivity index (χ3n) is 4.05. The van der Waals surface area contributed by atoms with E-state index in [4.69, 9.17) is 4.99 Å². The minimum absolute atomic E-state index is 0. The summed E-state index contributed by atoms with van der Waals surface area (Å²) in [5.74, 6) is 2.71. The van der Waals surface area contributed by atoms with E-state index in [9.17, 15) is 0 Å². The summed E-state index contributed by atoms with van der Waals surface area (Å²) >= 11 is 0. The van der Waals surface area contributed by atoms with Crippen LogP contribution in [0, 0.1) is 6.92 Å². The number of guanidine groups is 1. The van der Waals surface area contributed by atoms with E-state index >= 15 is 0 Å². The summed E-state index contributed by atoms with van der Waals surface area (Å²) in [7, 11) is 4.06. The van der Waals surface area contributed by atoms with Crippen molar-refractivity contribution in [2.45, 2.75) is 39.8 Å². The Morgan fingerprint density at radius 2 is 1.96 bits per heavy atom. The van der Waals surface area contributed by atoms with E-state index in [1.165, 1.54) is 12.0 Å². The van der Waals surface area contributed by atoms with E-state index in [0.717, 1.165) is 30.6 Å². The molecule has 0 aliphatic carbocycles. The lowest BCUT2D eigenvalue weighted by Crippen LogP contribution is -2.39. The number of unbranched alkanes of at least 4 members (excludes halogenated alkanes) is 1. The lowest BCUT2D eigenvalue weighted by Gasteiger charge is -2.22. The molecule has 0 aliphatic heterocycles. The average Bonchev–Trinajstić information content (AvgIpc) is 2.92. The lowest BCUT2D eigenvalue weighted by molar-refractivity contribution is 0.461. The van der Waals surface area contributed by atoms with Crippen LogP contribution in [0.3, 0.4) is 0 Å².